The maximum Gasteiger partial charge on any atom is 0.325 e. The monoisotopic (exact) mass is 239 g/mol. The lowest BCUT2D eigenvalue weighted by Crippen LogP contribution is -2.08. The van der Waals surface area contributed by atoms with Crippen molar-refractivity contribution in [1.82, 2.24) is 15.0 Å². The maximum absolute atomic E-state index is 12.1. The molecular weight excluding hydrogens is 225 g/mol. The molecule has 0 atom stereocenters. The summed E-state index contributed by atoms with van der Waals surface area (Å²) in [6.07, 6.45) is 0. The molecular formula is C10H14FN5O. The smallest absolute Gasteiger partial charge is 0.325 e. The SMILES string of the molecule is C=C(C)Nc1nc(NC(=C)C)nc(OCF)n1. The quantitative estimate of drug-likeness (QED) is 0.791. The van der Waals surface area contributed by atoms with Gasteiger partial charge in [0.1, 0.15) is 0 Å². The number of hydrogen-bond donors (Lipinski definition) is 2. The molecule has 0 aromatic carbocycles. The number of allylic oxidation sites excluding steroid dienone is 2. The van der Waals surface area contributed by atoms with E-state index in [4.69, 9.17) is 0 Å². The number of anilines is 2. The Kier molecular flexibility index (Phi) is 4.38. The Hall–Kier alpha value is -2.18. The van der Waals surface area contributed by atoms with Crippen molar-refractivity contribution >= 4 is 11.9 Å². The van der Waals surface area contributed by atoms with Gasteiger partial charge in [-0.3, -0.25) is 0 Å². The van der Waals surface area contributed by atoms with Crippen molar-refractivity contribution in [3.05, 3.63) is 24.6 Å². The molecule has 0 aliphatic carbocycles. The average molecular weight is 239 g/mol. The standard InChI is InChI=1S/C10H14FN5O/c1-6(2)12-8-14-9(13-7(3)4)16-10(15-8)17-5-11/h1,3,5H2,2,4H3,(H2,12,13,14,15,16). The number of nitrogens with one attached hydrogen (secondary N) is 2. The van der Waals surface area contributed by atoms with Crippen LogP contribution in [0.15, 0.2) is 24.6 Å². The Morgan fingerprint density at radius 1 is 1.12 bits per heavy atom. The second-order valence-corrected chi connectivity index (χ2v) is 3.33. The van der Waals surface area contributed by atoms with E-state index < -0.39 is 6.86 Å². The van der Waals surface area contributed by atoms with Crippen LogP contribution in [0, 0.1) is 0 Å². The van der Waals surface area contributed by atoms with E-state index in [0.29, 0.717) is 11.4 Å². The van der Waals surface area contributed by atoms with Gasteiger partial charge < -0.3 is 15.4 Å². The predicted molar refractivity (Wildman–Crippen MR) is 63.3 cm³/mol. The van der Waals surface area contributed by atoms with E-state index in [2.05, 4.69) is 43.5 Å². The summed E-state index contributed by atoms with van der Waals surface area (Å²) in [4.78, 5) is 11.7. The molecule has 0 spiro atoms. The van der Waals surface area contributed by atoms with Crippen molar-refractivity contribution in [1.29, 1.82) is 0 Å². The van der Waals surface area contributed by atoms with Gasteiger partial charge in [0.2, 0.25) is 18.8 Å². The van der Waals surface area contributed by atoms with Crippen molar-refractivity contribution in [3.8, 4) is 6.01 Å². The van der Waals surface area contributed by atoms with Gasteiger partial charge in [0.15, 0.2) is 0 Å². The molecule has 0 bridgehead atoms. The second kappa shape index (κ2) is 5.78. The molecule has 0 saturated carbocycles. The molecule has 0 amide bonds. The number of aromatic nitrogens is 3. The molecule has 0 saturated heterocycles. The summed E-state index contributed by atoms with van der Waals surface area (Å²) < 4.78 is 16.7. The van der Waals surface area contributed by atoms with Gasteiger partial charge in [-0.15, -0.1) is 0 Å². The fraction of sp³-hybridized carbons (Fsp3) is 0.300. The number of rotatable bonds is 6. The number of hydrogen-bond acceptors (Lipinski definition) is 6. The molecule has 92 valence electrons. The van der Waals surface area contributed by atoms with Crippen molar-refractivity contribution in [2.45, 2.75) is 13.8 Å². The Morgan fingerprint density at radius 3 is 1.94 bits per heavy atom. The number of ether oxygens (including phenoxy) is 1. The zero-order chi connectivity index (χ0) is 12.8. The summed E-state index contributed by atoms with van der Waals surface area (Å²) in [5.74, 6) is 0.444. The topological polar surface area (TPSA) is 72.0 Å². The van der Waals surface area contributed by atoms with Crippen LogP contribution in [0.25, 0.3) is 0 Å². The van der Waals surface area contributed by atoms with Crippen molar-refractivity contribution in [2.75, 3.05) is 17.5 Å². The highest BCUT2D eigenvalue weighted by Gasteiger charge is 2.07. The molecule has 17 heavy (non-hydrogen) atoms. The summed E-state index contributed by atoms with van der Waals surface area (Å²) in [5, 5.41) is 5.58. The number of nitrogens with zero attached hydrogens (tertiary/aromatic N) is 3. The molecule has 0 aliphatic heterocycles. The lowest BCUT2D eigenvalue weighted by molar-refractivity contribution is 0.177. The first-order valence-electron chi connectivity index (χ1n) is 4.81. The van der Waals surface area contributed by atoms with E-state index in [1.807, 2.05) is 0 Å². The minimum absolute atomic E-state index is 0.116. The first-order chi connectivity index (χ1) is 8.01. The van der Waals surface area contributed by atoms with Gasteiger partial charge in [-0.2, -0.15) is 15.0 Å². The van der Waals surface area contributed by atoms with Gasteiger partial charge in [-0.1, -0.05) is 13.2 Å². The zero-order valence-corrected chi connectivity index (χ0v) is 9.75. The molecule has 1 aromatic rings. The van der Waals surface area contributed by atoms with Crippen molar-refractivity contribution in [3.63, 3.8) is 0 Å². The minimum Gasteiger partial charge on any atom is -0.431 e. The second-order valence-electron chi connectivity index (χ2n) is 3.33. The molecule has 0 unspecified atom stereocenters. The third-order valence-corrected chi connectivity index (χ3v) is 1.45. The van der Waals surface area contributed by atoms with Crippen LogP contribution in [0.3, 0.4) is 0 Å². The zero-order valence-electron chi connectivity index (χ0n) is 9.75. The molecule has 0 radical (unpaired) electrons. The fourth-order valence-electron chi connectivity index (χ4n) is 0.963. The predicted octanol–water partition coefficient (Wildman–Crippen LogP) is 2.07. The summed E-state index contributed by atoms with van der Waals surface area (Å²) >= 11 is 0. The average Bonchev–Trinajstić information content (AvgIpc) is 2.14. The third-order valence-electron chi connectivity index (χ3n) is 1.45. The van der Waals surface area contributed by atoms with E-state index in [1.165, 1.54) is 0 Å². The highest BCUT2D eigenvalue weighted by atomic mass is 19.1. The molecule has 7 heteroatoms. The minimum atomic E-state index is -1.01. The van der Waals surface area contributed by atoms with Gasteiger partial charge in [0.05, 0.1) is 0 Å². The number of alkyl halides is 1. The molecule has 2 N–H and O–H groups in total. The largest absolute Gasteiger partial charge is 0.431 e. The van der Waals surface area contributed by atoms with Crippen LogP contribution in [0.2, 0.25) is 0 Å². The normalized spacial score (nSPS) is 9.59. The van der Waals surface area contributed by atoms with Crippen LogP contribution < -0.4 is 15.4 Å². The highest BCUT2D eigenvalue weighted by Crippen LogP contribution is 2.13. The molecule has 0 fully saturated rings. The van der Waals surface area contributed by atoms with Crippen LogP contribution in [-0.4, -0.2) is 21.8 Å². The van der Waals surface area contributed by atoms with Gasteiger partial charge in [-0.25, -0.2) is 4.39 Å². The maximum atomic E-state index is 12.1. The van der Waals surface area contributed by atoms with Gasteiger partial charge in [-0.05, 0) is 13.8 Å². The van der Waals surface area contributed by atoms with Crippen LogP contribution in [0.5, 0.6) is 6.01 Å². The lowest BCUT2D eigenvalue weighted by Gasteiger charge is -2.08. The highest BCUT2D eigenvalue weighted by molar-refractivity contribution is 5.41. The van der Waals surface area contributed by atoms with E-state index in [-0.39, 0.29) is 17.9 Å². The summed E-state index contributed by atoms with van der Waals surface area (Å²) in [7, 11) is 0. The van der Waals surface area contributed by atoms with Crippen molar-refractivity contribution < 1.29 is 9.13 Å². The van der Waals surface area contributed by atoms with Crippen LogP contribution in [0.1, 0.15) is 13.8 Å². The van der Waals surface area contributed by atoms with Crippen LogP contribution >= 0.6 is 0 Å². The first-order valence-corrected chi connectivity index (χ1v) is 4.81. The molecule has 0 aliphatic rings. The Labute approximate surface area is 98.6 Å². The molecule has 1 aromatic heterocycles. The van der Waals surface area contributed by atoms with Gasteiger partial charge in [0, 0.05) is 11.4 Å². The summed E-state index contributed by atoms with van der Waals surface area (Å²) in [6, 6.07) is -0.116. The summed E-state index contributed by atoms with van der Waals surface area (Å²) in [5.41, 5.74) is 1.28. The Morgan fingerprint density at radius 2 is 1.59 bits per heavy atom. The Balaban J connectivity index is 2.99. The molecule has 6 nitrogen and oxygen atoms in total. The molecule has 1 heterocycles. The van der Waals surface area contributed by atoms with Crippen LogP contribution in [-0.2, 0) is 0 Å². The fourth-order valence-corrected chi connectivity index (χ4v) is 0.963. The number of halogens is 1. The lowest BCUT2D eigenvalue weighted by atomic mass is 10.5. The Bertz CT molecular complexity index is 400. The first kappa shape index (κ1) is 12.9. The van der Waals surface area contributed by atoms with E-state index in [0.717, 1.165) is 0 Å². The van der Waals surface area contributed by atoms with Crippen molar-refractivity contribution in [2.24, 2.45) is 0 Å². The van der Waals surface area contributed by atoms with Gasteiger partial charge >= 0.3 is 6.01 Å². The summed E-state index contributed by atoms with van der Waals surface area (Å²) in [6.45, 7) is 9.78. The van der Waals surface area contributed by atoms with E-state index >= 15 is 0 Å². The molecule has 1 rings (SSSR count). The third kappa shape index (κ3) is 4.45. The van der Waals surface area contributed by atoms with Crippen LogP contribution in [0.4, 0.5) is 16.3 Å². The van der Waals surface area contributed by atoms with E-state index in [9.17, 15) is 4.39 Å². The van der Waals surface area contributed by atoms with Gasteiger partial charge in [0.25, 0.3) is 0 Å². The van der Waals surface area contributed by atoms with E-state index in [1.54, 1.807) is 13.8 Å².